The van der Waals surface area contributed by atoms with Gasteiger partial charge in [-0.3, -0.25) is 4.79 Å². The van der Waals surface area contributed by atoms with Gasteiger partial charge in [-0.2, -0.15) is 0 Å². The number of nitrogens with one attached hydrogen (secondary N) is 1. The van der Waals surface area contributed by atoms with Gasteiger partial charge in [0, 0.05) is 11.8 Å². The molecular formula is C15H12BrNO3. The molecule has 0 fully saturated rings. The van der Waals surface area contributed by atoms with E-state index in [9.17, 15) is 4.79 Å². The number of ether oxygens (including phenoxy) is 2. The molecule has 5 heteroatoms. The molecule has 0 spiro atoms. The van der Waals surface area contributed by atoms with Crippen molar-refractivity contribution in [3.05, 3.63) is 54.1 Å². The smallest absolute Gasteiger partial charge is 0.242 e. The van der Waals surface area contributed by atoms with Gasteiger partial charge in [-0.15, -0.1) is 0 Å². The Labute approximate surface area is 124 Å². The molecule has 1 heterocycles. The van der Waals surface area contributed by atoms with E-state index in [0.29, 0.717) is 17.2 Å². The third-order valence-electron chi connectivity index (χ3n) is 2.96. The number of benzene rings is 2. The quantitative estimate of drug-likeness (QED) is 0.874. The molecule has 0 aliphatic carbocycles. The standard InChI is InChI=1S/C15H12BrNO3/c16-14(10-4-2-1-3-5-10)15(18)17-11-6-7-12-13(8-11)20-9-19-12/h1-8,14H,9H2,(H,17,18)/t14-/m1/s1. The topological polar surface area (TPSA) is 47.6 Å². The maximum Gasteiger partial charge on any atom is 0.242 e. The Hall–Kier alpha value is -2.01. The Bertz CT molecular complexity index is 630. The summed E-state index contributed by atoms with van der Waals surface area (Å²) in [5.74, 6) is 1.21. The Morgan fingerprint density at radius 2 is 1.85 bits per heavy atom. The molecule has 0 bridgehead atoms. The van der Waals surface area contributed by atoms with E-state index < -0.39 is 4.83 Å². The van der Waals surface area contributed by atoms with Crippen molar-refractivity contribution < 1.29 is 14.3 Å². The second-order valence-electron chi connectivity index (χ2n) is 4.33. The Morgan fingerprint density at radius 3 is 2.65 bits per heavy atom. The molecule has 1 aliphatic heterocycles. The first-order valence-corrected chi connectivity index (χ1v) is 7.05. The van der Waals surface area contributed by atoms with Gasteiger partial charge in [-0.25, -0.2) is 0 Å². The summed E-state index contributed by atoms with van der Waals surface area (Å²) in [6.07, 6.45) is 0. The Kier molecular flexibility index (Phi) is 3.60. The number of carbonyl (C=O) groups is 1. The number of anilines is 1. The number of alkyl halides is 1. The van der Waals surface area contributed by atoms with Crippen LogP contribution in [0.4, 0.5) is 5.69 Å². The summed E-state index contributed by atoms with van der Waals surface area (Å²) in [4.78, 5) is 11.8. The summed E-state index contributed by atoms with van der Waals surface area (Å²) >= 11 is 3.40. The minimum Gasteiger partial charge on any atom is -0.454 e. The van der Waals surface area contributed by atoms with Gasteiger partial charge in [0.15, 0.2) is 11.5 Å². The van der Waals surface area contributed by atoms with E-state index >= 15 is 0 Å². The maximum absolute atomic E-state index is 12.2. The minimum atomic E-state index is -0.394. The first-order chi connectivity index (χ1) is 9.74. The van der Waals surface area contributed by atoms with Gasteiger partial charge in [0.1, 0.15) is 4.83 Å². The van der Waals surface area contributed by atoms with Crippen LogP contribution in [-0.2, 0) is 4.79 Å². The third kappa shape index (κ3) is 2.63. The molecule has 0 saturated carbocycles. The molecular weight excluding hydrogens is 322 g/mol. The van der Waals surface area contributed by atoms with Gasteiger partial charge < -0.3 is 14.8 Å². The lowest BCUT2D eigenvalue weighted by atomic mass is 10.1. The highest BCUT2D eigenvalue weighted by atomic mass is 79.9. The fraction of sp³-hybridized carbons (Fsp3) is 0.133. The number of carbonyl (C=O) groups excluding carboxylic acids is 1. The van der Waals surface area contributed by atoms with Crippen LogP contribution in [0.3, 0.4) is 0 Å². The van der Waals surface area contributed by atoms with Crippen molar-refractivity contribution in [2.75, 3.05) is 12.1 Å². The highest BCUT2D eigenvalue weighted by Crippen LogP contribution is 2.34. The Morgan fingerprint density at radius 1 is 1.10 bits per heavy atom. The second-order valence-corrected chi connectivity index (χ2v) is 5.25. The van der Waals surface area contributed by atoms with Gasteiger partial charge in [-0.05, 0) is 17.7 Å². The molecule has 0 radical (unpaired) electrons. The summed E-state index contributed by atoms with van der Waals surface area (Å²) in [6.45, 7) is 0.220. The van der Waals surface area contributed by atoms with Crippen molar-refractivity contribution in [1.82, 2.24) is 0 Å². The molecule has 2 aromatic rings. The van der Waals surface area contributed by atoms with Crippen LogP contribution < -0.4 is 14.8 Å². The zero-order valence-electron chi connectivity index (χ0n) is 10.5. The van der Waals surface area contributed by atoms with Crippen LogP contribution in [0.25, 0.3) is 0 Å². The van der Waals surface area contributed by atoms with Crippen LogP contribution >= 0.6 is 15.9 Å². The van der Waals surface area contributed by atoms with E-state index in [-0.39, 0.29) is 12.7 Å². The lowest BCUT2D eigenvalue weighted by Gasteiger charge is -2.11. The predicted octanol–water partition coefficient (Wildman–Crippen LogP) is 3.49. The highest BCUT2D eigenvalue weighted by molar-refractivity contribution is 9.09. The lowest BCUT2D eigenvalue weighted by Crippen LogP contribution is -2.16. The Balaban J connectivity index is 1.73. The van der Waals surface area contributed by atoms with E-state index in [1.165, 1.54) is 0 Å². The normalized spacial score (nSPS) is 13.8. The third-order valence-corrected chi connectivity index (χ3v) is 3.91. The van der Waals surface area contributed by atoms with E-state index in [0.717, 1.165) is 5.56 Å². The largest absolute Gasteiger partial charge is 0.454 e. The van der Waals surface area contributed by atoms with Gasteiger partial charge in [0.2, 0.25) is 12.7 Å². The first kappa shape index (κ1) is 13.0. The monoisotopic (exact) mass is 333 g/mol. The second kappa shape index (κ2) is 5.54. The number of halogens is 1. The van der Waals surface area contributed by atoms with Crippen molar-refractivity contribution in [3.63, 3.8) is 0 Å². The molecule has 1 aliphatic rings. The van der Waals surface area contributed by atoms with Gasteiger partial charge in [0.25, 0.3) is 0 Å². The molecule has 1 amide bonds. The molecule has 102 valence electrons. The molecule has 4 nitrogen and oxygen atoms in total. The van der Waals surface area contributed by atoms with Crippen LogP contribution in [0.5, 0.6) is 11.5 Å². The fourth-order valence-electron chi connectivity index (χ4n) is 1.95. The number of hydrogen-bond acceptors (Lipinski definition) is 3. The number of rotatable bonds is 3. The molecule has 1 atom stereocenters. The molecule has 0 unspecified atom stereocenters. The van der Waals surface area contributed by atoms with Crippen LogP contribution in [0, 0.1) is 0 Å². The summed E-state index contributed by atoms with van der Waals surface area (Å²) in [5, 5.41) is 2.85. The van der Waals surface area contributed by atoms with Crippen LogP contribution in [-0.4, -0.2) is 12.7 Å². The molecule has 0 aromatic heterocycles. The van der Waals surface area contributed by atoms with Gasteiger partial charge >= 0.3 is 0 Å². The highest BCUT2D eigenvalue weighted by Gasteiger charge is 2.19. The van der Waals surface area contributed by atoms with E-state index in [1.807, 2.05) is 30.3 Å². The summed E-state index contributed by atoms with van der Waals surface area (Å²) in [5.41, 5.74) is 1.59. The van der Waals surface area contributed by atoms with Crippen molar-refractivity contribution in [3.8, 4) is 11.5 Å². The molecule has 20 heavy (non-hydrogen) atoms. The fourth-order valence-corrected chi connectivity index (χ4v) is 2.37. The first-order valence-electron chi connectivity index (χ1n) is 6.13. The summed E-state index contributed by atoms with van der Waals surface area (Å²) in [6, 6.07) is 14.8. The number of hydrogen-bond donors (Lipinski definition) is 1. The lowest BCUT2D eigenvalue weighted by molar-refractivity contribution is -0.115. The van der Waals surface area contributed by atoms with E-state index in [4.69, 9.17) is 9.47 Å². The average Bonchev–Trinajstić information content (AvgIpc) is 2.95. The predicted molar refractivity (Wildman–Crippen MR) is 79.3 cm³/mol. The van der Waals surface area contributed by atoms with Gasteiger partial charge in [0.05, 0.1) is 0 Å². The molecule has 0 saturated heterocycles. The summed E-state index contributed by atoms with van der Waals surface area (Å²) in [7, 11) is 0. The molecule has 1 N–H and O–H groups in total. The van der Waals surface area contributed by atoms with Crippen molar-refractivity contribution in [2.45, 2.75) is 4.83 Å². The van der Waals surface area contributed by atoms with Crippen LogP contribution in [0.2, 0.25) is 0 Å². The average molecular weight is 334 g/mol. The zero-order chi connectivity index (χ0) is 13.9. The molecule has 2 aromatic carbocycles. The van der Waals surface area contributed by atoms with Crippen molar-refractivity contribution >= 4 is 27.5 Å². The van der Waals surface area contributed by atoms with E-state index in [2.05, 4.69) is 21.2 Å². The summed E-state index contributed by atoms with van der Waals surface area (Å²) < 4.78 is 10.5. The number of amides is 1. The SMILES string of the molecule is O=C(Nc1ccc2c(c1)OCO2)[C@H](Br)c1ccccc1. The minimum absolute atomic E-state index is 0.130. The van der Waals surface area contributed by atoms with Crippen LogP contribution in [0.15, 0.2) is 48.5 Å². The zero-order valence-corrected chi connectivity index (χ0v) is 12.1. The van der Waals surface area contributed by atoms with Crippen molar-refractivity contribution in [2.24, 2.45) is 0 Å². The number of fused-ring (bicyclic) bond motifs is 1. The van der Waals surface area contributed by atoms with E-state index in [1.54, 1.807) is 18.2 Å². The maximum atomic E-state index is 12.2. The van der Waals surface area contributed by atoms with Gasteiger partial charge in [-0.1, -0.05) is 46.3 Å². The van der Waals surface area contributed by atoms with Crippen LogP contribution in [0.1, 0.15) is 10.4 Å². The van der Waals surface area contributed by atoms with Crippen molar-refractivity contribution in [1.29, 1.82) is 0 Å². The molecule has 3 rings (SSSR count).